The van der Waals surface area contributed by atoms with E-state index in [4.69, 9.17) is 0 Å². The summed E-state index contributed by atoms with van der Waals surface area (Å²) in [5.41, 5.74) is 3.22. The smallest absolute Gasteiger partial charge is 0.273 e. The molecule has 1 aromatic heterocycles. The van der Waals surface area contributed by atoms with Crippen LogP contribution < -0.4 is 10.6 Å². The quantitative estimate of drug-likeness (QED) is 0.595. The van der Waals surface area contributed by atoms with Crippen molar-refractivity contribution in [3.05, 3.63) is 71.8 Å². The lowest BCUT2D eigenvalue weighted by Crippen LogP contribution is -2.49. The Morgan fingerprint density at radius 3 is 2.14 bits per heavy atom. The Labute approximate surface area is 208 Å². The summed E-state index contributed by atoms with van der Waals surface area (Å²) >= 11 is 0. The number of carbonyl (C=O) groups excluding carboxylic acids is 2. The molecular weight excluding hydrogens is 438 g/mol. The van der Waals surface area contributed by atoms with Gasteiger partial charge in [-0.1, -0.05) is 52.0 Å². The minimum atomic E-state index is -0.183. The van der Waals surface area contributed by atoms with Crippen molar-refractivity contribution in [2.75, 3.05) is 31.5 Å². The van der Waals surface area contributed by atoms with Crippen LogP contribution >= 0.6 is 0 Å². The Morgan fingerprint density at radius 2 is 1.57 bits per heavy atom. The van der Waals surface area contributed by atoms with Crippen LogP contribution in [0.2, 0.25) is 0 Å². The highest BCUT2D eigenvalue weighted by atomic mass is 16.2. The number of carbonyl (C=O) groups is 2. The molecule has 2 heterocycles. The standard InChI is InChI=1S/C28H37N5O2/c1-20(32-14-16-33(17-15-32)26(35)24-27(2,3)28(24,4)5)23(30-19-21-10-9-13-29-18-21)25(34)31-22-11-7-6-8-12-22/h6-13,18,24,30H,14-17,19H2,1-5H3,(H,31,34)/b23-20-. The molecule has 0 unspecified atom stereocenters. The fraction of sp³-hybridized carbons (Fsp3) is 0.464. The normalized spacial score (nSPS) is 19.6. The Balaban J connectivity index is 1.46. The first-order valence-corrected chi connectivity index (χ1v) is 12.4. The summed E-state index contributed by atoms with van der Waals surface area (Å²) in [6.07, 6.45) is 3.53. The van der Waals surface area contributed by atoms with Gasteiger partial charge < -0.3 is 20.4 Å². The van der Waals surface area contributed by atoms with Gasteiger partial charge in [-0.15, -0.1) is 0 Å². The highest BCUT2D eigenvalue weighted by Gasteiger charge is 2.68. The van der Waals surface area contributed by atoms with Crippen molar-refractivity contribution in [1.29, 1.82) is 0 Å². The molecule has 2 aliphatic rings. The summed E-state index contributed by atoms with van der Waals surface area (Å²) in [4.78, 5) is 34.8. The van der Waals surface area contributed by atoms with Gasteiger partial charge in [-0.25, -0.2) is 0 Å². The van der Waals surface area contributed by atoms with Gasteiger partial charge in [0.05, 0.1) is 0 Å². The van der Waals surface area contributed by atoms with Gasteiger partial charge in [-0.2, -0.15) is 0 Å². The topological polar surface area (TPSA) is 77.6 Å². The zero-order valence-corrected chi connectivity index (χ0v) is 21.5. The molecule has 7 nitrogen and oxygen atoms in total. The number of pyridine rings is 1. The molecule has 2 fully saturated rings. The van der Waals surface area contributed by atoms with Crippen molar-refractivity contribution < 1.29 is 9.59 Å². The van der Waals surface area contributed by atoms with Crippen molar-refractivity contribution >= 4 is 17.5 Å². The van der Waals surface area contributed by atoms with Gasteiger partial charge in [0.1, 0.15) is 5.70 Å². The second-order valence-electron chi connectivity index (χ2n) is 10.7. The van der Waals surface area contributed by atoms with Gasteiger partial charge in [-0.05, 0) is 41.5 Å². The minimum absolute atomic E-state index is 0.0376. The number of anilines is 1. The maximum atomic E-state index is 13.3. The number of hydrogen-bond donors (Lipinski definition) is 2. The number of amides is 2. The average Bonchev–Trinajstić information content (AvgIpc) is 3.27. The summed E-state index contributed by atoms with van der Waals surface area (Å²) in [6.45, 7) is 13.9. The summed E-state index contributed by atoms with van der Waals surface area (Å²) < 4.78 is 0. The van der Waals surface area contributed by atoms with E-state index >= 15 is 0 Å². The van der Waals surface area contributed by atoms with Crippen LogP contribution in [0.1, 0.15) is 40.2 Å². The fourth-order valence-corrected chi connectivity index (χ4v) is 5.20. The lowest BCUT2D eigenvalue weighted by molar-refractivity contribution is -0.135. The molecule has 0 spiro atoms. The van der Waals surface area contributed by atoms with E-state index in [1.807, 2.05) is 54.3 Å². The number of allylic oxidation sites excluding steroid dienone is 1. The predicted octanol–water partition coefficient (Wildman–Crippen LogP) is 3.87. The number of para-hydroxylation sites is 1. The van der Waals surface area contributed by atoms with Crippen LogP contribution in [0.25, 0.3) is 0 Å². The molecule has 2 aromatic rings. The zero-order chi connectivity index (χ0) is 25.2. The van der Waals surface area contributed by atoms with E-state index in [2.05, 4.69) is 48.2 Å². The molecule has 1 aliphatic carbocycles. The number of benzene rings is 1. The molecule has 7 heteroatoms. The van der Waals surface area contributed by atoms with Crippen molar-refractivity contribution in [3.63, 3.8) is 0 Å². The summed E-state index contributed by atoms with van der Waals surface area (Å²) in [5, 5.41) is 6.34. The monoisotopic (exact) mass is 475 g/mol. The summed E-state index contributed by atoms with van der Waals surface area (Å²) in [6, 6.07) is 13.3. The second kappa shape index (κ2) is 9.72. The van der Waals surface area contributed by atoms with Gasteiger partial charge in [-0.3, -0.25) is 14.6 Å². The molecule has 0 bridgehead atoms. The third-order valence-corrected chi connectivity index (χ3v) is 8.15. The summed E-state index contributed by atoms with van der Waals surface area (Å²) in [7, 11) is 0. The fourth-order valence-electron chi connectivity index (χ4n) is 5.20. The number of nitrogens with zero attached hydrogens (tertiary/aromatic N) is 3. The van der Waals surface area contributed by atoms with Crippen molar-refractivity contribution in [3.8, 4) is 0 Å². The molecule has 2 N–H and O–H groups in total. The van der Waals surface area contributed by atoms with Crippen molar-refractivity contribution in [2.24, 2.45) is 16.7 Å². The molecule has 186 valence electrons. The second-order valence-corrected chi connectivity index (χ2v) is 10.7. The average molecular weight is 476 g/mol. The van der Waals surface area contributed by atoms with E-state index in [0.29, 0.717) is 38.4 Å². The number of aromatic nitrogens is 1. The van der Waals surface area contributed by atoms with E-state index in [1.165, 1.54) is 0 Å². The van der Waals surface area contributed by atoms with Crippen LogP contribution in [0.4, 0.5) is 5.69 Å². The first-order chi connectivity index (χ1) is 16.6. The molecule has 1 aliphatic heterocycles. The third-order valence-electron chi connectivity index (χ3n) is 8.15. The van der Waals surface area contributed by atoms with Gasteiger partial charge in [0.2, 0.25) is 5.91 Å². The first-order valence-electron chi connectivity index (χ1n) is 12.4. The molecule has 2 amide bonds. The summed E-state index contributed by atoms with van der Waals surface area (Å²) in [5.74, 6) is 0.155. The lowest BCUT2D eigenvalue weighted by atomic mass is 10.0. The third kappa shape index (κ3) is 5.04. The van der Waals surface area contributed by atoms with Gasteiger partial charge >= 0.3 is 0 Å². The molecule has 1 saturated carbocycles. The van der Waals surface area contributed by atoms with Gasteiger partial charge in [0.25, 0.3) is 5.91 Å². The van der Waals surface area contributed by atoms with Crippen LogP contribution in [-0.2, 0) is 16.1 Å². The Kier molecular flexibility index (Phi) is 6.88. The minimum Gasteiger partial charge on any atom is -0.375 e. The van der Waals surface area contributed by atoms with E-state index in [-0.39, 0.29) is 28.6 Å². The van der Waals surface area contributed by atoms with Crippen molar-refractivity contribution in [1.82, 2.24) is 20.1 Å². The van der Waals surface area contributed by atoms with E-state index in [9.17, 15) is 9.59 Å². The number of hydrogen-bond acceptors (Lipinski definition) is 5. The zero-order valence-electron chi connectivity index (χ0n) is 21.5. The van der Waals surface area contributed by atoms with Crippen molar-refractivity contribution in [2.45, 2.75) is 41.2 Å². The molecule has 0 atom stereocenters. The van der Waals surface area contributed by atoms with E-state index < -0.39 is 0 Å². The number of piperazine rings is 1. The number of nitrogens with one attached hydrogen (secondary N) is 2. The van der Waals surface area contributed by atoms with Crippen LogP contribution in [0, 0.1) is 16.7 Å². The highest BCUT2D eigenvalue weighted by molar-refractivity contribution is 6.03. The maximum absolute atomic E-state index is 13.3. The molecule has 1 aromatic carbocycles. The largest absolute Gasteiger partial charge is 0.375 e. The Hall–Kier alpha value is -3.35. The Morgan fingerprint density at radius 1 is 0.943 bits per heavy atom. The highest BCUT2D eigenvalue weighted by Crippen LogP contribution is 2.68. The van der Waals surface area contributed by atoms with Crippen LogP contribution in [0.3, 0.4) is 0 Å². The van der Waals surface area contributed by atoms with Gasteiger partial charge in [0, 0.05) is 62.4 Å². The predicted molar refractivity (Wildman–Crippen MR) is 138 cm³/mol. The molecule has 4 rings (SSSR count). The molecule has 1 saturated heterocycles. The van der Waals surface area contributed by atoms with Crippen LogP contribution in [0.5, 0.6) is 0 Å². The van der Waals surface area contributed by atoms with Crippen LogP contribution in [0.15, 0.2) is 66.3 Å². The SMILES string of the molecule is C/C(=C(/NCc1cccnc1)C(=O)Nc1ccccc1)N1CCN(C(=O)C2C(C)(C)C2(C)C)CC1. The Bertz CT molecular complexity index is 1070. The van der Waals surface area contributed by atoms with Crippen LogP contribution in [-0.4, -0.2) is 52.8 Å². The first kappa shape index (κ1) is 24.8. The molecule has 0 radical (unpaired) electrons. The van der Waals surface area contributed by atoms with Gasteiger partial charge in [0.15, 0.2) is 0 Å². The molecule has 35 heavy (non-hydrogen) atoms. The lowest BCUT2D eigenvalue weighted by Gasteiger charge is -2.37. The van der Waals surface area contributed by atoms with E-state index in [0.717, 1.165) is 16.9 Å². The number of rotatable bonds is 7. The molecular formula is C28H37N5O2. The maximum Gasteiger partial charge on any atom is 0.273 e. The van der Waals surface area contributed by atoms with E-state index in [1.54, 1.807) is 12.4 Å².